The van der Waals surface area contributed by atoms with Crippen molar-refractivity contribution in [3.05, 3.63) is 176 Å². The number of nitrogens with zero attached hydrogens (tertiary/aromatic N) is 5. The van der Waals surface area contributed by atoms with Crippen LogP contribution in [0.5, 0.6) is 0 Å². The van der Waals surface area contributed by atoms with E-state index in [0.29, 0.717) is 5.95 Å². The van der Waals surface area contributed by atoms with Crippen molar-refractivity contribution in [2.24, 2.45) is 0 Å². The average Bonchev–Trinajstić information content (AvgIpc) is 3.76. The molecule has 5 nitrogen and oxygen atoms in total. The molecule has 0 fully saturated rings. The molecule has 242 valence electrons. The Labute approximate surface area is 298 Å². The first-order valence-electron chi connectivity index (χ1n) is 17.5. The smallest absolute Gasteiger partial charge is 0.235 e. The van der Waals surface area contributed by atoms with Crippen LogP contribution in [0.1, 0.15) is 0 Å². The van der Waals surface area contributed by atoms with E-state index in [0.717, 1.165) is 88.2 Å². The molecule has 8 aromatic carbocycles. The van der Waals surface area contributed by atoms with E-state index in [9.17, 15) is 0 Å². The van der Waals surface area contributed by atoms with E-state index in [1.807, 2.05) is 12.1 Å². The monoisotopic (exact) mass is 663 g/mol. The van der Waals surface area contributed by atoms with Crippen LogP contribution in [-0.2, 0) is 0 Å². The number of imidazole rings is 1. The van der Waals surface area contributed by atoms with Crippen LogP contribution in [-0.4, -0.2) is 24.1 Å². The second-order valence-corrected chi connectivity index (χ2v) is 13.3. The van der Waals surface area contributed by atoms with Crippen molar-refractivity contribution in [1.29, 1.82) is 0 Å². The third kappa shape index (κ3) is 4.26. The maximum Gasteiger partial charge on any atom is 0.235 e. The van der Waals surface area contributed by atoms with Gasteiger partial charge in [-0.3, -0.25) is 9.13 Å². The summed E-state index contributed by atoms with van der Waals surface area (Å²) in [6.45, 7) is 0. The minimum Gasteiger partial charge on any atom is -0.292 e. The molecule has 0 unspecified atom stereocenters. The summed E-state index contributed by atoms with van der Waals surface area (Å²) in [5.41, 5.74) is 9.24. The largest absolute Gasteiger partial charge is 0.292 e. The van der Waals surface area contributed by atoms with Crippen molar-refractivity contribution in [1.82, 2.24) is 24.1 Å². The molecular formula is C47H29N5. The van der Waals surface area contributed by atoms with Crippen molar-refractivity contribution in [3.8, 4) is 34.3 Å². The van der Waals surface area contributed by atoms with Crippen molar-refractivity contribution >= 4 is 65.3 Å². The molecule has 0 bridgehead atoms. The maximum atomic E-state index is 5.44. The lowest BCUT2D eigenvalue weighted by Crippen LogP contribution is -2.03. The number of fused-ring (bicyclic) bond motifs is 9. The summed E-state index contributed by atoms with van der Waals surface area (Å²) in [6.07, 6.45) is 0. The van der Waals surface area contributed by atoms with E-state index in [-0.39, 0.29) is 0 Å². The summed E-state index contributed by atoms with van der Waals surface area (Å²) in [5, 5.41) is 7.94. The quantitative estimate of drug-likeness (QED) is 0.176. The van der Waals surface area contributed by atoms with Gasteiger partial charge in [0, 0.05) is 38.4 Å². The van der Waals surface area contributed by atoms with Crippen LogP contribution in [0.25, 0.3) is 99.6 Å². The molecule has 0 aliphatic carbocycles. The zero-order valence-corrected chi connectivity index (χ0v) is 28.0. The predicted molar refractivity (Wildman–Crippen MR) is 214 cm³/mol. The topological polar surface area (TPSA) is 48.5 Å². The molecule has 0 amide bonds. The summed E-state index contributed by atoms with van der Waals surface area (Å²) in [5.74, 6) is 1.58. The normalized spacial score (nSPS) is 11.8. The Kier molecular flexibility index (Phi) is 6.18. The first kappa shape index (κ1) is 28.7. The second kappa shape index (κ2) is 11.2. The predicted octanol–water partition coefficient (Wildman–Crippen LogP) is 11.7. The lowest BCUT2D eigenvalue weighted by atomic mass is 9.98. The van der Waals surface area contributed by atoms with Crippen LogP contribution >= 0.6 is 0 Å². The van der Waals surface area contributed by atoms with Gasteiger partial charge in [0.2, 0.25) is 5.95 Å². The second-order valence-electron chi connectivity index (χ2n) is 13.3. The number of hydrogen-bond acceptors (Lipinski definition) is 3. The molecule has 0 aliphatic rings. The van der Waals surface area contributed by atoms with E-state index in [1.165, 1.54) is 5.39 Å². The highest BCUT2D eigenvalue weighted by atomic mass is 15.2. The number of aromatic nitrogens is 5. The molecular weight excluding hydrogens is 635 g/mol. The van der Waals surface area contributed by atoms with Gasteiger partial charge in [-0.2, -0.15) is 0 Å². The van der Waals surface area contributed by atoms with Gasteiger partial charge >= 0.3 is 0 Å². The Bertz CT molecular complexity index is 3160. The van der Waals surface area contributed by atoms with Gasteiger partial charge in [0.25, 0.3) is 0 Å². The van der Waals surface area contributed by atoms with E-state index < -0.39 is 0 Å². The van der Waals surface area contributed by atoms with Crippen molar-refractivity contribution < 1.29 is 0 Å². The molecule has 0 N–H and O–H groups in total. The number of para-hydroxylation sites is 3. The zero-order valence-electron chi connectivity index (χ0n) is 28.0. The standard InChI is InChI=1S/C47H29N5/c1-4-14-31(15-5-1)44-36-21-10-12-22-39(36)48-47(50-44)52-40-23-13-11-20-35(40)38-29-37-33(28-42(38)52)25-24-30-26-27-41-45(43(30)37)49-46(32-16-6-2-7-17-32)51(41)34-18-8-3-9-19-34/h1-29H. The van der Waals surface area contributed by atoms with Gasteiger partial charge < -0.3 is 0 Å². The van der Waals surface area contributed by atoms with Gasteiger partial charge in [0.05, 0.1) is 33.3 Å². The Morgan fingerprint density at radius 3 is 1.85 bits per heavy atom. The highest BCUT2D eigenvalue weighted by Crippen LogP contribution is 2.40. The van der Waals surface area contributed by atoms with Crippen molar-refractivity contribution in [2.45, 2.75) is 0 Å². The van der Waals surface area contributed by atoms with Crippen LogP contribution in [0.3, 0.4) is 0 Å². The number of hydrogen-bond donors (Lipinski definition) is 0. The van der Waals surface area contributed by atoms with Crippen molar-refractivity contribution in [2.75, 3.05) is 0 Å². The highest BCUT2D eigenvalue weighted by Gasteiger charge is 2.21. The molecule has 11 rings (SSSR count). The fourth-order valence-corrected chi connectivity index (χ4v) is 7.96. The first-order valence-corrected chi connectivity index (χ1v) is 17.5. The Hall–Kier alpha value is -7.11. The van der Waals surface area contributed by atoms with Gasteiger partial charge in [-0.1, -0.05) is 133 Å². The van der Waals surface area contributed by atoms with Crippen LogP contribution in [0, 0.1) is 0 Å². The third-order valence-corrected chi connectivity index (χ3v) is 10.3. The Morgan fingerprint density at radius 1 is 0.385 bits per heavy atom. The minimum absolute atomic E-state index is 0.653. The van der Waals surface area contributed by atoms with Gasteiger partial charge in [0.1, 0.15) is 5.82 Å². The van der Waals surface area contributed by atoms with E-state index >= 15 is 0 Å². The number of rotatable bonds is 4. The van der Waals surface area contributed by atoms with Gasteiger partial charge in [0.15, 0.2) is 0 Å². The molecule has 0 radical (unpaired) electrons. The van der Waals surface area contributed by atoms with E-state index in [4.69, 9.17) is 15.0 Å². The van der Waals surface area contributed by atoms with Gasteiger partial charge in [-0.25, -0.2) is 15.0 Å². The SMILES string of the molecule is c1ccc(-c2nc(-n3c4ccccc4c4cc5c(ccc6ccc7c(nc(-c8ccccc8)n7-c7ccccc7)c65)cc43)nc3ccccc23)cc1. The summed E-state index contributed by atoms with van der Waals surface area (Å²) in [7, 11) is 0. The molecule has 52 heavy (non-hydrogen) atoms. The Morgan fingerprint density at radius 2 is 1.04 bits per heavy atom. The average molecular weight is 664 g/mol. The van der Waals surface area contributed by atoms with Crippen LogP contribution < -0.4 is 0 Å². The maximum absolute atomic E-state index is 5.44. The molecule has 0 aliphatic heterocycles. The molecule has 0 spiro atoms. The zero-order chi connectivity index (χ0) is 34.2. The fraction of sp³-hybridized carbons (Fsp3) is 0. The number of benzene rings is 8. The van der Waals surface area contributed by atoms with Crippen LogP contribution in [0.2, 0.25) is 0 Å². The molecule has 0 saturated heterocycles. The highest BCUT2D eigenvalue weighted by molar-refractivity contribution is 6.23. The lowest BCUT2D eigenvalue weighted by Gasteiger charge is -2.12. The molecule has 11 aromatic rings. The minimum atomic E-state index is 0.653. The molecule has 3 heterocycles. The molecule has 0 saturated carbocycles. The summed E-state index contributed by atoms with van der Waals surface area (Å²) in [6, 6.07) is 61.8. The fourth-order valence-electron chi connectivity index (χ4n) is 7.96. The first-order chi connectivity index (χ1) is 25.8. The lowest BCUT2D eigenvalue weighted by molar-refractivity contribution is 1.01. The molecule has 5 heteroatoms. The third-order valence-electron chi connectivity index (χ3n) is 10.3. The van der Waals surface area contributed by atoms with Crippen molar-refractivity contribution in [3.63, 3.8) is 0 Å². The summed E-state index contributed by atoms with van der Waals surface area (Å²) < 4.78 is 4.51. The van der Waals surface area contributed by atoms with E-state index in [1.54, 1.807) is 0 Å². The Balaban J connectivity index is 1.23. The molecule has 0 atom stereocenters. The van der Waals surface area contributed by atoms with Gasteiger partial charge in [-0.05, 0) is 58.6 Å². The van der Waals surface area contributed by atoms with Gasteiger partial charge in [-0.15, -0.1) is 0 Å². The van der Waals surface area contributed by atoms with Crippen LogP contribution in [0.4, 0.5) is 0 Å². The van der Waals surface area contributed by atoms with Crippen LogP contribution in [0.15, 0.2) is 176 Å². The summed E-state index contributed by atoms with van der Waals surface area (Å²) >= 11 is 0. The molecule has 3 aromatic heterocycles. The van der Waals surface area contributed by atoms with E-state index in [2.05, 4.69) is 173 Å². The summed E-state index contributed by atoms with van der Waals surface area (Å²) in [4.78, 5) is 15.9.